The van der Waals surface area contributed by atoms with Crippen molar-refractivity contribution in [2.75, 3.05) is 6.54 Å². The van der Waals surface area contributed by atoms with Gasteiger partial charge in [0.1, 0.15) is 5.82 Å². The third-order valence-electron chi connectivity index (χ3n) is 2.94. The lowest BCUT2D eigenvalue weighted by Crippen LogP contribution is -2.22. The molecule has 17 heavy (non-hydrogen) atoms. The Hall–Kier alpha value is -0.960. The summed E-state index contributed by atoms with van der Waals surface area (Å²) in [6, 6.07) is 3.49. The molecule has 0 radical (unpaired) electrons. The molecule has 0 amide bonds. The zero-order chi connectivity index (χ0) is 12.5. The van der Waals surface area contributed by atoms with E-state index in [9.17, 15) is 4.39 Å². The number of pyridine rings is 1. The molecule has 0 aliphatic carbocycles. The summed E-state index contributed by atoms with van der Waals surface area (Å²) in [5, 5.41) is 3.48. The van der Waals surface area contributed by atoms with Crippen LogP contribution >= 0.6 is 0 Å². The second kappa shape index (κ2) is 8.18. The van der Waals surface area contributed by atoms with Crippen LogP contribution < -0.4 is 5.32 Å². The highest BCUT2D eigenvalue weighted by molar-refractivity contribution is 5.09. The van der Waals surface area contributed by atoms with Crippen LogP contribution in [-0.4, -0.2) is 11.5 Å². The van der Waals surface area contributed by atoms with E-state index in [-0.39, 0.29) is 11.9 Å². The number of halogens is 1. The van der Waals surface area contributed by atoms with Gasteiger partial charge >= 0.3 is 0 Å². The summed E-state index contributed by atoms with van der Waals surface area (Å²) in [7, 11) is 0. The van der Waals surface area contributed by atoms with E-state index in [4.69, 9.17) is 0 Å². The van der Waals surface area contributed by atoms with E-state index in [1.54, 1.807) is 6.07 Å². The molecule has 0 saturated carbocycles. The average Bonchev–Trinajstić information content (AvgIpc) is 2.35. The lowest BCUT2D eigenvalue weighted by atomic mass is 10.1. The van der Waals surface area contributed by atoms with Gasteiger partial charge < -0.3 is 5.32 Å². The summed E-state index contributed by atoms with van der Waals surface area (Å²) in [4.78, 5) is 4.13. The molecule has 0 fully saturated rings. The zero-order valence-electron chi connectivity index (χ0n) is 10.9. The number of hydrogen-bond acceptors (Lipinski definition) is 2. The lowest BCUT2D eigenvalue weighted by Gasteiger charge is -2.16. The molecule has 1 aromatic rings. The summed E-state index contributed by atoms with van der Waals surface area (Å²) in [5.41, 5.74) is 0.935. The quantitative estimate of drug-likeness (QED) is 0.696. The molecule has 3 heteroatoms. The Morgan fingerprint density at radius 2 is 2.06 bits per heavy atom. The standard InChI is InChI=1S/C14H23FN2/c1-3-5-6-7-10-16-13(4-2)14-9-8-12(15)11-17-14/h8-9,11,13,16H,3-7,10H2,1-2H3. The molecule has 0 aliphatic rings. The molecule has 0 aliphatic heterocycles. The van der Waals surface area contributed by atoms with Crippen LogP contribution in [0.3, 0.4) is 0 Å². The first-order valence-electron chi connectivity index (χ1n) is 6.62. The van der Waals surface area contributed by atoms with Crippen molar-refractivity contribution in [3.05, 3.63) is 29.8 Å². The number of nitrogens with one attached hydrogen (secondary N) is 1. The van der Waals surface area contributed by atoms with Gasteiger partial charge in [0.25, 0.3) is 0 Å². The number of rotatable bonds is 8. The third-order valence-corrected chi connectivity index (χ3v) is 2.94. The van der Waals surface area contributed by atoms with Crippen molar-refractivity contribution in [1.29, 1.82) is 0 Å². The molecule has 96 valence electrons. The first-order chi connectivity index (χ1) is 8.27. The molecule has 1 aromatic heterocycles. The minimum atomic E-state index is -0.272. The minimum Gasteiger partial charge on any atom is -0.309 e. The summed E-state index contributed by atoms with van der Waals surface area (Å²) >= 11 is 0. The molecular formula is C14H23FN2. The smallest absolute Gasteiger partial charge is 0.141 e. The molecule has 1 heterocycles. The fourth-order valence-electron chi connectivity index (χ4n) is 1.88. The number of nitrogens with zero attached hydrogens (tertiary/aromatic N) is 1. The van der Waals surface area contributed by atoms with Crippen LogP contribution in [-0.2, 0) is 0 Å². The van der Waals surface area contributed by atoms with Crippen LogP contribution in [0, 0.1) is 5.82 Å². The van der Waals surface area contributed by atoms with Crippen molar-refractivity contribution >= 4 is 0 Å². The second-order valence-electron chi connectivity index (χ2n) is 4.38. The van der Waals surface area contributed by atoms with Gasteiger partial charge in [-0.2, -0.15) is 0 Å². The second-order valence-corrected chi connectivity index (χ2v) is 4.38. The van der Waals surface area contributed by atoms with E-state index < -0.39 is 0 Å². The minimum absolute atomic E-state index is 0.247. The summed E-state index contributed by atoms with van der Waals surface area (Å²) in [6.07, 6.45) is 7.30. The topological polar surface area (TPSA) is 24.9 Å². The maximum Gasteiger partial charge on any atom is 0.141 e. The predicted molar refractivity (Wildman–Crippen MR) is 69.4 cm³/mol. The molecule has 1 unspecified atom stereocenters. The van der Waals surface area contributed by atoms with E-state index in [0.29, 0.717) is 0 Å². The van der Waals surface area contributed by atoms with Crippen LogP contribution in [0.15, 0.2) is 18.3 Å². The van der Waals surface area contributed by atoms with Crippen LogP contribution in [0.2, 0.25) is 0 Å². The fourth-order valence-corrected chi connectivity index (χ4v) is 1.88. The molecule has 1 N–H and O–H groups in total. The Kier molecular flexibility index (Phi) is 6.78. The first-order valence-corrected chi connectivity index (χ1v) is 6.62. The first kappa shape index (κ1) is 14.1. The van der Waals surface area contributed by atoms with Gasteiger partial charge in [-0.05, 0) is 31.5 Å². The highest BCUT2D eigenvalue weighted by Gasteiger charge is 2.09. The predicted octanol–water partition coefficient (Wildman–Crippen LogP) is 3.84. The maximum atomic E-state index is 12.8. The summed E-state index contributed by atoms with van der Waals surface area (Å²) < 4.78 is 12.8. The average molecular weight is 238 g/mol. The molecule has 0 saturated heterocycles. The van der Waals surface area contributed by atoms with E-state index in [1.165, 1.54) is 37.9 Å². The van der Waals surface area contributed by atoms with Gasteiger partial charge in [-0.1, -0.05) is 33.1 Å². The number of unbranched alkanes of at least 4 members (excludes halogenated alkanes) is 3. The van der Waals surface area contributed by atoms with Crippen LogP contribution in [0.1, 0.15) is 57.7 Å². The van der Waals surface area contributed by atoms with Crippen molar-refractivity contribution in [3.63, 3.8) is 0 Å². The third kappa shape index (κ3) is 5.26. The SMILES string of the molecule is CCCCCCNC(CC)c1ccc(F)cn1. The van der Waals surface area contributed by atoms with Crippen molar-refractivity contribution < 1.29 is 4.39 Å². The van der Waals surface area contributed by atoms with Gasteiger partial charge in [0, 0.05) is 6.04 Å². The Bertz CT molecular complexity index is 298. The monoisotopic (exact) mass is 238 g/mol. The van der Waals surface area contributed by atoms with Gasteiger partial charge in [0.2, 0.25) is 0 Å². The molecule has 2 nitrogen and oxygen atoms in total. The summed E-state index contributed by atoms with van der Waals surface area (Å²) in [6.45, 7) is 5.34. The van der Waals surface area contributed by atoms with Crippen LogP contribution in [0.25, 0.3) is 0 Å². The molecule has 1 atom stereocenters. The van der Waals surface area contributed by atoms with Crippen LogP contribution in [0.5, 0.6) is 0 Å². The molecule has 0 aromatic carbocycles. The number of aromatic nitrogens is 1. The molecule has 0 spiro atoms. The van der Waals surface area contributed by atoms with Gasteiger partial charge in [-0.3, -0.25) is 4.98 Å². The Labute approximate surface area is 104 Å². The van der Waals surface area contributed by atoms with Crippen molar-refractivity contribution in [1.82, 2.24) is 10.3 Å². The lowest BCUT2D eigenvalue weighted by molar-refractivity contribution is 0.486. The fraction of sp³-hybridized carbons (Fsp3) is 0.643. The van der Waals surface area contributed by atoms with E-state index in [1.807, 2.05) is 0 Å². The van der Waals surface area contributed by atoms with Crippen molar-refractivity contribution in [2.24, 2.45) is 0 Å². The normalized spacial score (nSPS) is 12.6. The Balaban J connectivity index is 2.35. The van der Waals surface area contributed by atoms with Crippen molar-refractivity contribution in [3.8, 4) is 0 Å². The Morgan fingerprint density at radius 3 is 2.65 bits per heavy atom. The van der Waals surface area contributed by atoms with E-state index >= 15 is 0 Å². The van der Waals surface area contributed by atoms with Crippen LogP contribution in [0.4, 0.5) is 4.39 Å². The molecular weight excluding hydrogens is 215 g/mol. The van der Waals surface area contributed by atoms with Gasteiger partial charge in [0.05, 0.1) is 11.9 Å². The maximum absolute atomic E-state index is 12.8. The molecule has 1 rings (SSSR count). The molecule has 0 bridgehead atoms. The van der Waals surface area contributed by atoms with Gasteiger partial charge in [0.15, 0.2) is 0 Å². The van der Waals surface area contributed by atoms with E-state index in [2.05, 4.69) is 24.1 Å². The van der Waals surface area contributed by atoms with Crippen molar-refractivity contribution in [2.45, 2.75) is 52.0 Å². The zero-order valence-corrected chi connectivity index (χ0v) is 10.9. The van der Waals surface area contributed by atoms with E-state index in [0.717, 1.165) is 18.7 Å². The van der Waals surface area contributed by atoms with Gasteiger partial charge in [-0.15, -0.1) is 0 Å². The Morgan fingerprint density at radius 1 is 1.24 bits per heavy atom. The highest BCUT2D eigenvalue weighted by atomic mass is 19.1. The van der Waals surface area contributed by atoms with Gasteiger partial charge in [-0.25, -0.2) is 4.39 Å². The number of hydrogen-bond donors (Lipinski definition) is 1. The highest BCUT2D eigenvalue weighted by Crippen LogP contribution is 2.14. The summed E-state index contributed by atoms with van der Waals surface area (Å²) in [5.74, 6) is -0.272. The largest absolute Gasteiger partial charge is 0.309 e.